The van der Waals surface area contributed by atoms with Crippen molar-refractivity contribution in [2.24, 2.45) is 11.7 Å². The number of primary amides is 1. The highest BCUT2D eigenvalue weighted by Gasteiger charge is 2.13. The van der Waals surface area contributed by atoms with E-state index in [1.807, 2.05) is 0 Å². The molecule has 0 saturated heterocycles. The van der Waals surface area contributed by atoms with Gasteiger partial charge < -0.3 is 10.5 Å². The number of rotatable bonds is 4. The highest BCUT2D eigenvalue weighted by Crippen LogP contribution is 2.11. The van der Waals surface area contributed by atoms with E-state index in [0.717, 1.165) is 5.56 Å². The second kappa shape index (κ2) is 5.30. The van der Waals surface area contributed by atoms with Crippen molar-refractivity contribution in [2.75, 3.05) is 7.11 Å². The maximum Gasteiger partial charge on any atom is 0.308 e. The molecule has 4 heteroatoms. The van der Waals surface area contributed by atoms with Crippen LogP contribution >= 0.6 is 0 Å². The van der Waals surface area contributed by atoms with E-state index in [1.54, 1.807) is 31.2 Å². The summed E-state index contributed by atoms with van der Waals surface area (Å²) in [6, 6.07) is 6.89. The van der Waals surface area contributed by atoms with Gasteiger partial charge in [-0.3, -0.25) is 9.59 Å². The van der Waals surface area contributed by atoms with Crippen molar-refractivity contribution in [1.29, 1.82) is 0 Å². The molecule has 0 bridgehead atoms. The Morgan fingerprint density at radius 3 is 2.31 bits per heavy atom. The molecule has 0 unspecified atom stereocenters. The fraction of sp³-hybridized carbons (Fsp3) is 0.333. The van der Waals surface area contributed by atoms with Crippen molar-refractivity contribution >= 4 is 11.9 Å². The zero-order chi connectivity index (χ0) is 12.1. The SMILES string of the molecule is COC(=O)[C@@H](C)Cc1ccc(C(N)=O)cc1. The first kappa shape index (κ1) is 12.2. The molecule has 0 aliphatic carbocycles. The molecule has 1 atom stereocenters. The van der Waals surface area contributed by atoms with Crippen LogP contribution in [0.5, 0.6) is 0 Å². The van der Waals surface area contributed by atoms with Crippen LogP contribution in [0.3, 0.4) is 0 Å². The Bertz CT molecular complexity index is 384. The van der Waals surface area contributed by atoms with Crippen molar-refractivity contribution in [3.8, 4) is 0 Å². The smallest absolute Gasteiger partial charge is 0.308 e. The van der Waals surface area contributed by atoms with Crippen molar-refractivity contribution < 1.29 is 14.3 Å². The molecule has 0 spiro atoms. The fourth-order valence-corrected chi connectivity index (χ4v) is 1.44. The zero-order valence-electron chi connectivity index (χ0n) is 9.40. The molecule has 0 radical (unpaired) electrons. The first-order chi connectivity index (χ1) is 7.54. The fourth-order valence-electron chi connectivity index (χ4n) is 1.44. The van der Waals surface area contributed by atoms with Gasteiger partial charge >= 0.3 is 5.97 Å². The third kappa shape index (κ3) is 3.08. The van der Waals surface area contributed by atoms with Crippen LogP contribution in [0.1, 0.15) is 22.8 Å². The first-order valence-electron chi connectivity index (χ1n) is 5.01. The molecule has 16 heavy (non-hydrogen) atoms. The number of methoxy groups -OCH3 is 1. The van der Waals surface area contributed by atoms with Crippen molar-refractivity contribution in [2.45, 2.75) is 13.3 Å². The quantitative estimate of drug-likeness (QED) is 0.775. The lowest BCUT2D eigenvalue weighted by Crippen LogP contribution is -2.15. The molecular weight excluding hydrogens is 206 g/mol. The highest BCUT2D eigenvalue weighted by molar-refractivity contribution is 5.92. The monoisotopic (exact) mass is 221 g/mol. The molecule has 2 N–H and O–H groups in total. The first-order valence-corrected chi connectivity index (χ1v) is 5.01. The van der Waals surface area contributed by atoms with Crippen molar-refractivity contribution in [3.05, 3.63) is 35.4 Å². The summed E-state index contributed by atoms with van der Waals surface area (Å²) < 4.78 is 4.63. The van der Waals surface area contributed by atoms with Gasteiger partial charge in [-0.15, -0.1) is 0 Å². The summed E-state index contributed by atoms with van der Waals surface area (Å²) in [5, 5.41) is 0. The molecule has 0 saturated carbocycles. The van der Waals surface area contributed by atoms with Gasteiger partial charge in [-0.1, -0.05) is 19.1 Å². The lowest BCUT2D eigenvalue weighted by Gasteiger charge is -2.08. The predicted molar refractivity (Wildman–Crippen MR) is 59.8 cm³/mol. The van der Waals surface area contributed by atoms with Crippen LogP contribution in [0.2, 0.25) is 0 Å². The third-order valence-electron chi connectivity index (χ3n) is 2.38. The molecule has 1 aromatic rings. The number of esters is 1. The molecule has 1 rings (SSSR count). The molecule has 4 nitrogen and oxygen atoms in total. The Hall–Kier alpha value is -1.84. The van der Waals surface area contributed by atoms with Gasteiger partial charge in [0, 0.05) is 5.56 Å². The van der Waals surface area contributed by atoms with Crippen molar-refractivity contribution in [3.63, 3.8) is 0 Å². The van der Waals surface area contributed by atoms with Crippen LogP contribution in [0.4, 0.5) is 0 Å². The van der Waals surface area contributed by atoms with Crippen LogP contribution in [0, 0.1) is 5.92 Å². The van der Waals surface area contributed by atoms with E-state index in [9.17, 15) is 9.59 Å². The largest absolute Gasteiger partial charge is 0.469 e. The minimum Gasteiger partial charge on any atom is -0.469 e. The van der Waals surface area contributed by atoms with Crippen molar-refractivity contribution in [1.82, 2.24) is 0 Å². The number of carbonyl (C=O) groups excluding carboxylic acids is 2. The van der Waals surface area contributed by atoms with E-state index >= 15 is 0 Å². The second-order valence-electron chi connectivity index (χ2n) is 3.69. The van der Waals surface area contributed by atoms with Gasteiger partial charge in [-0.25, -0.2) is 0 Å². The van der Waals surface area contributed by atoms with E-state index in [1.165, 1.54) is 7.11 Å². The average Bonchev–Trinajstić information content (AvgIpc) is 2.28. The Kier molecular flexibility index (Phi) is 4.05. The Morgan fingerprint density at radius 1 is 1.31 bits per heavy atom. The lowest BCUT2D eigenvalue weighted by atomic mass is 10.0. The van der Waals surface area contributed by atoms with Gasteiger partial charge in [0.25, 0.3) is 0 Å². The molecule has 0 heterocycles. The number of amides is 1. The Balaban J connectivity index is 2.68. The minimum atomic E-state index is -0.451. The Labute approximate surface area is 94.4 Å². The van der Waals surface area contributed by atoms with Gasteiger partial charge in [0.2, 0.25) is 5.91 Å². The van der Waals surface area contributed by atoms with E-state index in [2.05, 4.69) is 4.74 Å². The number of nitrogens with two attached hydrogens (primary N) is 1. The molecule has 0 aliphatic heterocycles. The van der Waals surface area contributed by atoms with Gasteiger partial charge in [-0.2, -0.15) is 0 Å². The summed E-state index contributed by atoms with van der Waals surface area (Å²) in [6.07, 6.45) is 0.589. The normalized spacial score (nSPS) is 11.9. The molecule has 1 amide bonds. The zero-order valence-corrected chi connectivity index (χ0v) is 9.40. The molecular formula is C12H15NO3. The molecule has 0 fully saturated rings. The van der Waals surface area contributed by atoms with E-state index < -0.39 is 5.91 Å². The number of benzene rings is 1. The molecule has 86 valence electrons. The van der Waals surface area contributed by atoms with Gasteiger partial charge in [-0.05, 0) is 24.1 Å². The number of hydrogen-bond acceptors (Lipinski definition) is 3. The summed E-state index contributed by atoms with van der Waals surface area (Å²) in [6.45, 7) is 1.80. The number of ether oxygens (including phenoxy) is 1. The topological polar surface area (TPSA) is 69.4 Å². The summed E-state index contributed by atoms with van der Waals surface area (Å²) in [5.41, 5.74) is 6.56. The van der Waals surface area contributed by atoms with Crippen LogP contribution in [0.25, 0.3) is 0 Å². The summed E-state index contributed by atoms with van der Waals surface area (Å²) >= 11 is 0. The summed E-state index contributed by atoms with van der Waals surface area (Å²) in [4.78, 5) is 22.0. The Morgan fingerprint density at radius 2 is 1.88 bits per heavy atom. The molecule has 1 aromatic carbocycles. The van der Waals surface area contributed by atoms with Crippen LogP contribution in [0.15, 0.2) is 24.3 Å². The number of carbonyl (C=O) groups is 2. The van der Waals surface area contributed by atoms with Gasteiger partial charge in [0.1, 0.15) is 0 Å². The molecule has 0 aromatic heterocycles. The highest BCUT2D eigenvalue weighted by atomic mass is 16.5. The minimum absolute atomic E-state index is 0.190. The van der Waals surface area contributed by atoms with Crippen LogP contribution in [-0.4, -0.2) is 19.0 Å². The van der Waals surface area contributed by atoms with E-state index in [0.29, 0.717) is 12.0 Å². The lowest BCUT2D eigenvalue weighted by molar-refractivity contribution is -0.144. The second-order valence-corrected chi connectivity index (χ2v) is 3.69. The van der Waals surface area contributed by atoms with E-state index in [4.69, 9.17) is 5.73 Å². The van der Waals surface area contributed by atoms with Gasteiger partial charge in [0.15, 0.2) is 0 Å². The third-order valence-corrected chi connectivity index (χ3v) is 2.38. The maximum absolute atomic E-state index is 11.2. The predicted octanol–water partition coefficient (Wildman–Crippen LogP) is 1.14. The van der Waals surface area contributed by atoms with Crippen LogP contribution < -0.4 is 5.73 Å². The standard InChI is InChI=1S/C12H15NO3/c1-8(12(15)16-2)7-9-3-5-10(6-4-9)11(13)14/h3-6,8H,7H2,1-2H3,(H2,13,14)/t8-/m0/s1. The summed E-state index contributed by atoms with van der Waals surface area (Å²) in [5.74, 6) is -0.879. The van der Waals surface area contributed by atoms with E-state index in [-0.39, 0.29) is 11.9 Å². The maximum atomic E-state index is 11.2. The number of hydrogen-bond donors (Lipinski definition) is 1. The summed E-state index contributed by atoms with van der Waals surface area (Å²) in [7, 11) is 1.37. The average molecular weight is 221 g/mol. The van der Waals surface area contributed by atoms with Crippen LogP contribution in [-0.2, 0) is 16.0 Å². The molecule has 0 aliphatic rings. The van der Waals surface area contributed by atoms with Gasteiger partial charge in [0.05, 0.1) is 13.0 Å².